The van der Waals surface area contributed by atoms with Crippen molar-refractivity contribution >= 4 is 17.7 Å². The average Bonchev–Trinajstić information content (AvgIpc) is 2.91. The number of carboxylic acids is 1. The molecule has 0 amide bonds. The summed E-state index contributed by atoms with van der Waals surface area (Å²) in [7, 11) is 1.57. The fourth-order valence-corrected chi connectivity index (χ4v) is 1.81. The van der Waals surface area contributed by atoms with Gasteiger partial charge in [-0.05, 0) is 12.1 Å². The summed E-state index contributed by atoms with van der Waals surface area (Å²) in [5, 5.41) is 17.9. The van der Waals surface area contributed by atoms with Gasteiger partial charge in [-0.3, -0.25) is 0 Å². The molecule has 0 aliphatic rings. The molecule has 20 heavy (non-hydrogen) atoms. The first-order valence-corrected chi connectivity index (χ1v) is 6.58. The Bertz CT molecular complexity index is 587. The smallest absolute Gasteiger partial charge is 0.277 e. The van der Waals surface area contributed by atoms with E-state index in [1.807, 2.05) is 0 Å². The molecule has 8 heteroatoms. The number of carbonyl (C=O) groups excluding carboxylic acids is 1. The molecule has 0 spiro atoms. The molecule has 2 aromatic rings. The largest absolute Gasteiger partial charge is 0.549 e. The van der Waals surface area contributed by atoms with Gasteiger partial charge >= 0.3 is 0 Å². The first-order valence-electron chi connectivity index (χ1n) is 5.59. The van der Waals surface area contributed by atoms with Crippen molar-refractivity contribution < 1.29 is 23.8 Å². The van der Waals surface area contributed by atoms with E-state index in [0.29, 0.717) is 11.5 Å². The second kappa shape index (κ2) is 6.80. The maximum atomic E-state index is 10.3. The lowest BCUT2D eigenvalue weighted by Crippen LogP contribution is -2.24. The van der Waals surface area contributed by atoms with Gasteiger partial charge in [-0.1, -0.05) is 17.8 Å². The van der Waals surface area contributed by atoms with E-state index >= 15 is 0 Å². The highest BCUT2D eigenvalue weighted by Gasteiger charge is 2.07. The number of hydrogen-bond donors (Lipinski definition) is 0. The molecule has 106 valence electrons. The third-order valence-corrected chi connectivity index (χ3v) is 2.96. The van der Waals surface area contributed by atoms with E-state index < -0.39 is 5.97 Å². The van der Waals surface area contributed by atoms with Crippen molar-refractivity contribution in [2.24, 2.45) is 0 Å². The van der Waals surface area contributed by atoms with E-state index in [2.05, 4.69) is 10.2 Å². The zero-order valence-electron chi connectivity index (χ0n) is 10.6. The normalized spacial score (nSPS) is 10.2. The predicted molar refractivity (Wildman–Crippen MR) is 67.4 cm³/mol. The van der Waals surface area contributed by atoms with Crippen LogP contribution in [0.5, 0.6) is 11.5 Å². The number of aliphatic carboxylic acids is 1. The molecule has 0 bridgehead atoms. The highest BCUT2D eigenvalue weighted by Crippen LogP contribution is 2.20. The Morgan fingerprint density at radius 2 is 2.20 bits per heavy atom. The second-order valence-electron chi connectivity index (χ2n) is 3.59. The Hall–Kier alpha value is -2.22. The molecule has 7 nitrogen and oxygen atoms in total. The van der Waals surface area contributed by atoms with Crippen LogP contribution in [0.2, 0.25) is 0 Å². The van der Waals surface area contributed by atoms with Gasteiger partial charge in [-0.15, -0.1) is 10.2 Å². The Balaban J connectivity index is 1.88. The monoisotopic (exact) mass is 295 g/mol. The Labute approximate surface area is 118 Å². The molecule has 0 saturated heterocycles. The van der Waals surface area contributed by atoms with Crippen molar-refractivity contribution in [3.05, 3.63) is 30.2 Å². The summed E-state index contributed by atoms with van der Waals surface area (Å²) in [6, 6.07) is 7.09. The molecule has 0 aliphatic heterocycles. The van der Waals surface area contributed by atoms with Gasteiger partial charge in [-0.25, -0.2) is 0 Å². The van der Waals surface area contributed by atoms with Gasteiger partial charge in [0.1, 0.15) is 11.5 Å². The van der Waals surface area contributed by atoms with Crippen molar-refractivity contribution in [3.8, 4) is 11.5 Å². The van der Waals surface area contributed by atoms with Gasteiger partial charge in [0.25, 0.3) is 11.1 Å². The lowest BCUT2D eigenvalue weighted by Gasteiger charge is -2.05. The van der Waals surface area contributed by atoms with Crippen LogP contribution in [-0.4, -0.2) is 29.0 Å². The van der Waals surface area contributed by atoms with Crippen LogP contribution in [0.1, 0.15) is 5.89 Å². The minimum Gasteiger partial charge on any atom is -0.549 e. The molecule has 0 radical (unpaired) electrons. The lowest BCUT2D eigenvalue weighted by molar-refractivity contribution is -0.301. The standard InChI is InChI=1S/C12H12N2O5S/c1-17-8-3-2-4-9(5-8)18-6-10-13-14-12(19-10)20-7-11(15)16/h2-5H,6-7H2,1H3,(H,15,16)/p-1. The third-order valence-electron chi connectivity index (χ3n) is 2.17. The molecule has 0 atom stereocenters. The quantitative estimate of drug-likeness (QED) is 0.681. The zero-order chi connectivity index (χ0) is 14.4. The summed E-state index contributed by atoms with van der Waals surface area (Å²) in [4.78, 5) is 10.3. The molecule has 0 unspecified atom stereocenters. The molecule has 0 fully saturated rings. The van der Waals surface area contributed by atoms with E-state index in [-0.39, 0.29) is 23.5 Å². The first-order chi connectivity index (χ1) is 9.67. The van der Waals surface area contributed by atoms with Crippen molar-refractivity contribution in [1.82, 2.24) is 10.2 Å². The maximum Gasteiger partial charge on any atom is 0.277 e. The second-order valence-corrected chi connectivity index (χ2v) is 4.52. The maximum absolute atomic E-state index is 10.3. The third kappa shape index (κ3) is 4.16. The molecule has 1 heterocycles. The van der Waals surface area contributed by atoms with Crippen LogP contribution in [0.15, 0.2) is 33.9 Å². The number of benzene rings is 1. The number of carboxylic acid groups (broad SMARTS) is 1. The van der Waals surface area contributed by atoms with Crippen LogP contribution in [0, 0.1) is 0 Å². The minimum absolute atomic E-state index is 0.0893. The van der Waals surface area contributed by atoms with Crippen molar-refractivity contribution in [2.75, 3.05) is 12.9 Å². The lowest BCUT2D eigenvalue weighted by atomic mass is 10.3. The Morgan fingerprint density at radius 3 is 2.95 bits per heavy atom. The molecule has 0 N–H and O–H groups in total. The van der Waals surface area contributed by atoms with Crippen molar-refractivity contribution in [3.63, 3.8) is 0 Å². The van der Waals surface area contributed by atoms with Gasteiger partial charge in [0.15, 0.2) is 6.61 Å². The SMILES string of the molecule is COc1cccc(OCc2nnc(SCC(=O)[O-])o2)c1. The van der Waals surface area contributed by atoms with Crippen molar-refractivity contribution in [1.29, 1.82) is 0 Å². The van der Waals surface area contributed by atoms with E-state index in [0.717, 1.165) is 11.8 Å². The van der Waals surface area contributed by atoms with E-state index in [9.17, 15) is 9.90 Å². The zero-order valence-corrected chi connectivity index (χ0v) is 11.4. The topological polar surface area (TPSA) is 97.5 Å². The fourth-order valence-electron chi connectivity index (χ4n) is 1.31. The van der Waals surface area contributed by atoms with Crippen molar-refractivity contribution in [2.45, 2.75) is 11.8 Å². The molecule has 0 aliphatic carbocycles. The molecular weight excluding hydrogens is 284 g/mol. The predicted octanol–water partition coefficient (Wildman–Crippen LogP) is 0.499. The van der Waals surface area contributed by atoms with Gasteiger partial charge in [0.05, 0.1) is 13.1 Å². The summed E-state index contributed by atoms with van der Waals surface area (Å²) in [5.74, 6) is 0.110. The van der Waals surface area contributed by atoms with E-state index in [1.165, 1.54) is 0 Å². The van der Waals surface area contributed by atoms with Crippen LogP contribution in [0.4, 0.5) is 0 Å². The number of aromatic nitrogens is 2. The molecule has 2 rings (SSSR count). The summed E-state index contributed by atoms with van der Waals surface area (Å²) >= 11 is 0.899. The van der Waals surface area contributed by atoms with Crippen LogP contribution < -0.4 is 14.6 Å². The highest BCUT2D eigenvalue weighted by molar-refractivity contribution is 7.99. The summed E-state index contributed by atoms with van der Waals surface area (Å²) < 4.78 is 15.7. The Kier molecular flexibility index (Phi) is 4.83. The molecular formula is C12H11N2O5S-. The highest BCUT2D eigenvalue weighted by atomic mass is 32.2. The average molecular weight is 295 g/mol. The first kappa shape index (κ1) is 14.2. The summed E-state index contributed by atoms with van der Waals surface area (Å²) in [5.41, 5.74) is 0. The Morgan fingerprint density at radius 1 is 1.40 bits per heavy atom. The van der Waals surface area contributed by atoms with Crippen LogP contribution in [0.25, 0.3) is 0 Å². The van der Waals surface area contributed by atoms with Gasteiger partial charge in [0.2, 0.25) is 0 Å². The summed E-state index contributed by atoms with van der Waals surface area (Å²) in [6.45, 7) is 0.0893. The number of nitrogens with zero attached hydrogens (tertiary/aromatic N) is 2. The van der Waals surface area contributed by atoms with Gasteiger partial charge in [0, 0.05) is 11.8 Å². The van der Waals surface area contributed by atoms with Gasteiger partial charge in [-0.2, -0.15) is 0 Å². The number of rotatable bonds is 7. The summed E-state index contributed by atoms with van der Waals surface area (Å²) in [6.07, 6.45) is 0. The molecule has 0 saturated carbocycles. The fraction of sp³-hybridized carbons (Fsp3) is 0.250. The molecule has 1 aromatic carbocycles. The number of hydrogen-bond acceptors (Lipinski definition) is 8. The minimum atomic E-state index is -1.19. The number of thioether (sulfide) groups is 1. The van der Waals surface area contributed by atoms with Crippen LogP contribution in [-0.2, 0) is 11.4 Å². The van der Waals surface area contributed by atoms with Crippen LogP contribution >= 0.6 is 11.8 Å². The van der Waals surface area contributed by atoms with E-state index in [4.69, 9.17) is 13.9 Å². The number of ether oxygens (including phenoxy) is 2. The number of methoxy groups -OCH3 is 1. The van der Waals surface area contributed by atoms with Crippen LogP contribution in [0.3, 0.4) is 0 Å². The molecule has 1 aromatic heterocycles. The van der Waals surface area contributed by atoms with E-state index in [1.54, 1.807) is 31.4 Å². The van der Waals surface area contributed by atoms with Gasteiger partial charge < -0.3 is 23.8 Å². The number of carbonyl (C=O) groups is 1.